The van der Waals surface area contributed by atoms with Crippen LogP contribution in [0.4, 0.5) is 0 Å². The molecule has 19 heavy (non-hydrogen) atoms. The smallest absolute Gasteiger partial charge is 0.327 e. The molecular weight excluding hydrogens is 264 g/mol. The predicted molar refractivity (Wildman–Crippen MR) is 77.1 cm³/mol. The van der Waals surface area contributed by atoms with E-state index in [1.54, 1.807) is 11.8 Å². The molecule has 0 aromatic carbocycles. The van der Waals surface area contributed by atoms with Gasteiger partial charge in [0.2, 0.25) is 5.91 Å². The molecule has 1 fully saturated rings. The minimum absolute atomic E-state index is 0.0248. The van der Waals surface area contributed by atoms with E-state index in [4.69, 9.17) is 10.8 Å². The number of nitrogens with zero attached hydrogens (tertiary/aromatic N) is 1. The van der Waals surface area contributed by atoms with Crippen LogP contribution in [-0.4, -0.2) is 52.5 Å². The zero-order valence-electron chi connectivity index (χ0n) is 11.5. The third kappa shape index (κ3) is 5.03. The first-order valence-electron chi connectivity index (χ1n) is 6.90. The molecule has 3 N–H and O–H groups in total. The Hall–Kier alpha value is -0.750. The van der Waals surface area contributed by atoms with Gasteiger partial charge in [-0.3, -0.25) is 4.79 Å². The van der Waals surface area contributed by atoms with Crippen molar-refractivity contribution in [2.24, 2.45) is 11.7 Å². The maximum atomic E-state index is 12.2. The van der Waals surface area contributed by atoms with Crippen LogP contribution in [0.1, 0.15) is 32.6 Å². The van der Waals surface area contributed by atoms with Crippen LogP contribution in [0, 0.1) is 5.92 Å². The molecular formula is C13H24N2O3S. The summed E-state index contributed by atoms with van der Waals surface area (Å²) < 4.78 is 0. The number of hydrogen-bond donors (Lipinski definition) is 2. The Morgan fingerprint density at radius 2 is 2.21 bits per heavy atom. The summed E-state index contributed by atoms with van der Waals surface area (Å²) in [6.07, 6.45) is 3.19. The Balaban J connectivity index is 2.48. The van der Waals surface area contributed by atoms with Gasteiger partial charge in [-0.25, -0.2) is 4.79 Å². The van der Waals surface area contributed by atoms with Crippen LogP contribution in [0.25, 0.3) is 0 Å². The molecule has 0 saturated carbocycles. The first-order chi connectivity index (χ1) is 9.10. The Morgan fingerprint density at radius 3 is 2.79 bits per heavy atom. The van der Waals surface area contributed by atoms with Gasteiger partial charge in [0.1, 0.15) is 6.04 Å². The topological polar surface area (TPSA) is 83.6 Å². The summed E-state index contributed by atoms with van der Waals surface area (Å²) in [4.78, 5) is 24.8. The second-order valence-corrected chi connectivity index (χ2v) is 6.06. The lowest BCUT2D eigenvalue weighted by molar-refractivity contribution is -0.149. The third-order valence-corrected chi connectivity index (χ3v) is 4.68. The van der Waals surface area contributed by atoms with E-state index in [1.165, 1.54) is 4.90 Å². The molecule has 1 aliphatic heterocycles. The minimum atomic E-state index is -0.894. The second-order valence-electron chi connectivity index (χ2n) is 4.91. The third-order valence-electron chi connectivity index (χ3n) is 3.65. The quantitative estimate of drug-likeness (QED) is 0.734. The number of carboxylic acids is 1. The molecule has 0 bridgehead atoms. The normalized spacial score (nSPS) is 21.2. The van der Waals surface area contributed by atoms with Gasteiger partial charge in [0, 0.05) is 24.5 Å². The number of hydrogen-bond acceptors (Lipinski definition) is 4. The standard InChI is InChI=1S/C13H24N2O3S/c1-2-10(5-6-14)3-4-12(16)15-7-8-19-9-11(15)13(17)18/h10-11H,2-9,14H2,1H3,(H,17,18). The van der Waals surface area contributed by atoms with Gasteiger partial charge in [0.05, 0.1) is 0 Å². The Labute approximate surface area is 118 Å². The Bertz CT molecular complexity index is 312. The summed E-state index contributed by atoms with van der Waals surface area (Å²) in [7, 11) is 0. The van der Waals surface area contributed by atoms with Crippen molar-refractivity contribution in [3.05, 3.63) is 0 Å². The van der Waals surface area contributed by atoms with E-state index in [0.29, 0.717) is 31.2 Å². The van der Waals surface area contributed by atoms with Gasteiger partial charge >= 0.3 is 5.97 Å². The van der Waals surface area contributed by atoms with Gasteiger partial charge in [-0.1, -0.05) is 13.3 Å². The molecule has 1 amide bonds. The summed E-state index contributed by atoms with van der Waals surface area (Å²) in [5.41, 5.74) is 5.54. The average Bonchev–Trinajstić information content (AvgIpc) is 2.43. The maximum absolute atomic E-state index is 12.2. The van der Waals surface area contributed by atoms with Crippen molar-refractivity contribution in [3.63, 3.8) is 0 Å². The lowest BCUT2D eigenvalue weighted by atomic mass is 9.96. The molecule has 2 atom stereocenters. The zero-order valence-corrected chi connectivity index (χ0v) is 12.3. The maximum Gasteiger partial charge on any atom is 0.327 e. The molecule has 1 rings (SSSR count). The van der Waals surface area contributed by atoms with E-state index in [2.05, 4.69) is 6.92 Å². The summed E-state index contributed by atoms with van der Waals surface area (Å²) in [5, 5.41) is 9.14. The van der Waals surface area contributed by atoms with Crippen molar-refractivity contribution < 1.29 is 14.7 Å². The molecule has 0 spiro atoms. The fourth-order valence-corrected chi connectivity index (χ4v) is 3.40. The summed E-state index contributed by atoms with van der Waals surface area (Å²) in [5.74, 6) is 0.880. The van der Waals surface area contributed by atoms with Crippen molar-refractivity contribution in [3.8, 4) is 0 Å². The van der Waals surface area contributed by atoms with E-state index < -0.39 is 12.0 Å². The monoisotopic (exact) mass is 288 g/mol. The van der Waals surface area contributed by atoms with Crippen LogP contribution in [0.5, 0.6) is 0 Å². The molecule has 2 unspecified atom stereocenters. The molecule has 1 heterocycles. The van der Waals surface area contributed by atoms with Crippen molar-refractivity contribution in [1.29, 1.82) is 0 Å². The lowest BCUT2D eigenvalue weighted by Gasteiger charge is -2.33. The van der Waals surface area contributed by atoms with E-state index in [1.807, 2.05) is 0 Å². The fraction of sp³-hybridized carbons (Fsp3) is 0.846. The van der Waals surface area contributed by atoms with Gasteiger partial charge in [-0.15, -0.1) is 0 Å². The van der Waals surface area contributed by atoms with Gasteiger partial charge in [-0.05, 0) is 25.3 Å². The molecule has 0 aromatic heterocycles. The van der Waals surface area contributed by atoms with E-state index in [0.717, 1.165) is 25.0 Å². The van der Waals surface area contributed by atoms with E-state index in [9.17, 15) is 9.59 Å². The van der Waals surface area contributed by atoms with Gasteiger partial charge in [-0.2, -0.15) is 11.8 Å². The SMILES string of the molecule is CCC(CCN)CCC(=O)N1CCSCC1C(=O)O. The highest BCUT2D eigenvalue weighted by Crippen LogP contribution is 2.20. The minimum Gasteiger partial charge on any atom is -0.480 e. The summed E-state index contributed by atoms with van der Waals surface area (Å²) in [6.45, 7) is 3.29. The molecule has 1 saturated heterocycles. The van der Waals surface area contributed by atoms with Gasteiger partial charge in [0.25, 0.3) is 0 Å². The number of carbonyl (C=O) groups is 2. The van der Waals surface area contributed by atoms with Crippen LogP contribution in [0.15, 0.2) is 0 Å². The molecule has 0 aromatic rings. The van der Waals surface area contributed by atoms with Crippen LogP contribution in [-0.2, 0) is 9.59 Å². The van der Waals surface area contributed by atoms with Crippen LogP contribution in [0.2, 0.25) is 0 Å². The average molecular weight is 288 g/mol. The molecule has 0 radical (unpaired) electrons. The highest BCUT2D eigenvalue weighted by Gasteiger charge is 2.32. The predicted octanol–water partition coefficient (Wildman–Crippen LogP) is 1.17. The number of rotatable bonds is 7. The molecule has 110 valence electrons. The summed E-state index contributed by atoms with van der Waals surface area (Å²) >= 11 is 1.60. The number of thioether (sulfide) groups is 1. The van der Waals surface area contributed by atoms with Crippen molar-refractivity contribution >= 4 is 23.6 Å². The zero-order chi connectivity index (χ0) is 14.3. The highest BCUT2D eigenvalue weighted by molar-refractivity contribution is 7.99. The lowest BCUT2D eigenvalue weighted by Crippen LogP contribution is -2.50. The number of nitrogens with two attached hydrogens (primary N) is 1. The molecule has 6 heteroatoms. The Morgan fingerprint density at radius 1 is 1.47 bits per heavy atom. The van der Waals surface area contributed by atoms with E-state index in [-0.39, 0.29) is 5.91 Å². The van der Waals surface area contributed by atoms with Crippen LogP contribution >= 0.6 is 11.8 Å². The first kappa shape index (κ1) is 16.3. The Kier molecular flexibility index (Phi) is 7.23. The first-order valence-corrected chi connectivity index (χ1v) is 8.05. The van der Waals surface area contributed by atoms with Gasteiger partial charge < -0.3 is 15.7 Å². The van der Waals surface area contributed by atoms with E-state index >= 15 is 0 Å². The molecule has 1 aliphatic rings. The highest BCUT2D eigenvalue weighted by atomic mass is 32.2. The summed E-state index contributed by atoms with van der Waals surface area (Å²) in [6, 6.07) is -0.652. The van der Waals surface area contributed by atoms with Crippen molar-refractivity contribution in [2.45, 2.75) is 38.6 Å². The second kappa shape index (κ2) is 8.43. The van der Waals surface area contributed by atoms with Crippen LogP contribution < -0.4 is 5.73 Å². The number of amides is 1. The fourth-order valence-electron chi connectivity index (χ4n) is 2.37. The largest absolute Gasteiger partial charge is 0.480 e. The van der Waals surface area contributed by atoms with Gasteiger partial charge in [0.15, 0.2) is 0 Å². The van der Waals surface area contributed by atoms with Crippen molar-refractivity contribution in [2.75, 3.05) is 24.6 Å². The number of carboxylic acid groups (broad SMARTS) is 1. The number of aliphatic carboxylic acids is 1. The van der Waals surface area contributed by atoms with Crippen molar-refractivity contribution in [1.82, 2.24) is 4.90 Å². The number of carbonyl (C=O) groups excluding carboxylic acids is 1. The van der Waals surface area contributed by atoms with Crippen LogP contribution in [0.3, 0.4) is 0 Å². The molecule has 0 aliphatic carbocycles. The molecule has 5 nitrogen and oxygen atoms in total.